The predicted octanol–water partition coefficient (Wildman–Crippen LogP) is 6.98. The summed E-state index contributed by atoms with van der Waals surface area (Å²) in [5, 5.41) is 11.1. The molecule has 4 aliphatic carbocycles. The minimum absolute atomic E-state index is 0.0345. The molecule has 0 saturated heterocycles. The van der Waals surface area contributed by atoms with Gasteiger partial charge in [-0.3, -0.25) is 4.79 Å². The van der Waals surface area contributed by atoms with E-state index in [1.165, 1.54) is 32.1 Å². The number of rotatable bonds is 5. The molecule has 3 fully saturated rings. The van der Waals surface area contributed by atoms with Crippen molar-refractivity contribution in [1.82, 2.24) is 0 Å². The van der Waals surface area contributed by atoms with Gasteiger partial charge >= 0.3 is 0 Å². The molecule has 3 saturated carbocycles. The van der Waals surface area contributed by atoms with Gasteiger partial charge in [0, 0.05) is 6.42 Å². The predicted molar refractivity (Wildman–Crippen MR) is 129 cm³/mol. The van der Waals surface area contributed by atoms with Gasteiger partial charge in [-0.05, 0) is 109 Å². The second kappa shape index (κ2) is 8.47. The second-order valence-corrected chi connectivity index (χ2v) is 12.4. The molecule has 4 aliphatic rings. The number of carbonyl (C=O) groups is 1. The van der Waals surface area contributed by atoms with Gasteiger partial charge in [0.15, 0.2) is 5.78 Å². The van der Waals surface area contributed by atoms with Crippen LogP contribution in [0.5, 0.6) is 0 Å². The maximum atomic E-state index is 12.1. The van der Waals surface area contributed by atoms with Crippen LogP contribution in [0.4, 0.5) is 0 Å². The molecule has 0 aromatic heterocycles. The third kappa shape index (κ3) is 3.79. The SMILES string of the molecule is CCC(/C=C/C(C)C1CCC2C3CC(O)C4=CC(=O)CCC4(C)C3CCC12C)C(C)C. The average molecular weight is 427 g/mol. The van der Waals surface area contributed by atoms with Crippen LogP contribution in [-0.4, -0.2) is 17.0 Å². The average Bonchev–Trinajstić information content (AvgIpc) is 3.07. The molecule has 1 N–H and O–H groups in total. The van der Waals surface area contributed by atoms with Crippen LogP contribution in [-0.2, 0) is 4.79 Å². The van der Waals surface area contributed by atoms with E-state index in [0.717, 1.165) is 30.3 Å². The number of hydrogen-bond acceptors (Lipinski definition) is 2. The Hall–Kier alpha value is -0.890. The van der Waals surface area contributed by atoms with Gasteiger partial charge in [-0.2, -0.15) is 0 Å². The van der Waals surface area contributed by atoms with Crippen molar-refractivity contribution < 1.29 is 9.90 Å². The molecule has 0 spiro atoms. The molecule has 31 heavy (non-hydrogen) atoms. The Bertz CT molecular complexity index is 748. The second-order valence-electron chi connectivity index (χ2n) is 12.4. The molecule has 9 unspecified atom stereocenters. The normalized spacial score (nSPS) is 44.6. The maximum Gasteiger partial charge on any atom is 0.155 e. The number of allylic oxidation sites excluding steroid dienone is 2. The first-order valence-electron chi connectivity index (χ1n) is 13.2. The molecule has 174 valence electrons. The minimum Gasteiger partial charge on any atom is -0.389 e. The molecule has 0 bridgehead atoms. The zero-order valence-corrected chi connectivity index (χ0v) is 20.9. The van der Waals surface area contributed by atoms with Crippen LogP contribution >= 0.6 is 0 Å². The van der Waals surface area contributed by atoms with Gasteiger partial charge in [0.05, 0.1) is 6.10 Å². The number of hydrogen-bond donors (Lipinski definition) is 1. The third-order valence-corrected chi connectivity index (χ3v) is 10.7. The van der Waals surface area contributed by atoms with E-state index in [4.69, 9.17) is 0 Å². The lowest BCUT2D eigenvalue weighted by Gasteiger charge is -2.59. The van der Waals surface area contributed by atoms with Crippen molar-refractivity contribution >= 4 is 5.78 Å². The van der Waals surface area contributed by atoms with E-state index < -0.39 is 6.10 Å². The molecule has 0 aliphatic heterocycles. The van der Waals surface area contributed by atoms with E-state index in [2.05, 4.69) is 53.7 Å². The molecule has 0 heterocycles. The van der Waals surface area contributed by atoms with E-state index in [0.29, 0.717) is 41.4 Å². The zero-order chi connectivity index (χ0) is 22.6. The van der Waals surface area contributed by atoms with Gasteiger partial charge in [-0.25, -0.2) is 0 Å². The molecule has 0 aromatic carbocycles. The van der Waals surface area contributed by atoms with Crippen molar-refractivity contribution in [2.75, 3.05) is 0 Å². The Labute approximate surface area is 191 Å². The smallest absolute Gasteiger partial charge is 0.155 e. The third-order valence-electron chi connectivity index (χ3n) is 10.7. The summed E-state index contributed by atoms with van der Waals surface area (Å²) in [5.41, 5.74) is 1.50. The Morgan fingerprint density at radius 1 is 1.10 bits per heavy atom. The summed E-state index contributed by atoms with van der Waals surface area (Å²) in [7, 11) is 0. The van der Waals surface area contributed by atoms with Crippen LogP contribution in [0.2, 0.25) is 0 Å². The van der Waals surface area contributed by atoms with Crippen molar-refractivity contribution in [1.29, 1.82) is 0 Å². The van der Waals surface area contributed by atoms with Gasteiger partial charge in [0.1, 0.15) is 0 Å². The lowest BCUT2D eigenvalue weighted by atomic mass is 9.46. The van der Waals surface area contributed by atoms with Crippen LogP contribution < -0.4 is 0 Å². The van der Waals surface area contributed by atoms with Crippen molar-refractivity contribution in [3.8, 4) is 0 Å². The fourth-order valence-corrected chi connectivity index (χ4v) is 8.79. The highest BCUT2D eigenvalue weighted by molar-refractivity contribution is 5.91. The lowest BCUT2D eigenvalue weighted by Crippen LogP contribution is -2.54. The topological polar surface area (TPSA) is 37.3 Å². The molecule has 2 nitrogen and oxygen atoms in total. The van der Waals surface area contributed by atoms with E-state index in [1.807, 2.05) is 6.08 Å². The molecular weight excluding hydrogens is 380 g/mol. The number of aliphatic hydroxyl groups is 1. The van der Waals surface area contributed by atoms with Crippen molar-refractivity contribution in [2.45, 2.75) is 99.0 Å². The van der Waals surface area contributed by atoms with Gasteiger partial charge in [-0.1, -0.05) is 53.7 Å². The summed E-state index contributed by atoms with van der Waals surface area (Å²) >= 11 is 0. The molecule has 2 heteroatoms. The number of aliphatic hydroxyl groups excluding tert-OH is 1. The standard InChI is InChI=1S/C29H46O2/c1-7-20(18(2)3)9-8-19(4)23-10-11-24-22-17-27(31)26-16-21(30)12-14-29(26,6)25(22)13-15-28(23,24)5/h8-9,16,18-20,22-25,27,31H,7,10-15,17H2,1-6H3/b9-8+. The molecule has 4 rings (SSSR count). The maximum absolute atomic E-state index is 12.1. The fourth-order valence-electron chi connectivity index (χ4n) is 8.79. The van der Waals surface area contributed by atoms with Crippen LogP contribution in [0.15, 0.2) is 23.8 Å². The van der Waals surface area contributed by atoms with Gasteiger partial charge in [-0.15, -0.1) is 0 Å². The van der Waals surface area contributed by atoms with E-state index >= 15 is 0 Å². The minimum atomic E-state index is -0.412. The Morgan fingerprint density at radius 2 is 1.84 bits per heavy atom. The highest BCUT2D eigenvalue weighted by Gasteiger charge is 2.60. The Morgan fingerprint density at radius 3 is 2.52 bits per heavy atom. The summed E-state index contributed by atoms with van der Waals surface area (Å²) in [5.74, 6) is 5.00. The zero-order valence-electron chi connectivity index (χ0n) is 20.9. The van der Waals surface area contributed by atoms with E-state index in [-0.39, 0.29) is 11.2 Å². The van der Waals surface area contributed by atoms with Crippen molar-refractivity contribution in [2.24, 2.45) is 52.3 Å². The Balaban J connectivity index is 1.55. The number of carbonyl (C=O) groups excluding carboxylic acids is 1. The van der Waals surface area contributed by atoms with Crippen LogP contribution in [0, 0.1) is 52.3 Å². The molecule has 0 amide bonds. The summed E-state index contributed by atoms with van der Waals surface area (Å²) in [4.78, 5) is 12.1. The van der Waals surface area contributed by atoms with E-state index in [1.54, 1.807) is 0 Å². The van der Waals surface area contributed by atoms with Gasteiger partial charge in [0.2, 0.25) is 0 Å². The largest absolute Gasteiger partial charge is 0.389 e. The highest BCUT2D eigenvalue weighted by atomic mass is 16.3. The van der Waals surface area contributed by atoms with Crippen LogP contribution in [0.3, 0.4) is 0 Å². The lowest BCUT2D eigenvalue weighted by molar-refractivity contribution is -0.119. The molecule has 0 radical (unpaired) electrons. The summed E-state index contributed by atoms with van der Waals surface area (Å²) in [6, 6.07) is 0. The molecular formula is C29H46O2. The van der Waals surface area contributed by atoms with Crippen LogP contribution in [0.25, 0.3) is 0 Å². The first-order valence-corrected chi connectivity index (χ1v) is 13.2. The van der Waals surface area contributed by atoms with Crippen molar-refractivity contribution in [3.63, 3.8) is 0 Å². The highest BCUT2D eigenvalue weighted by Crippen LogP contribution is 2.67. The first kappa shape index (κ1) is 23.3. The van der Waals surface area contributed by atoms with Crippen LogP contribution in [0.1, 0.15) is 92.9 Å². The Kier molecular flexibility index (Phi) is 6.36. The summed E-state index contributed by atoms with van der Waals surface area (Å²) in [6.45, 7) is 14.4. The van der Waals surface area contributed by atoms with E-state index in [9.17, 15) is 9.90 Å². The van der Waals surface area contributed by atoms with Crippen molar-refractivity contribution in [3.05, 3.63) is 23.8 Å². The van der Waals surface area contributed by atoms with Gasteiger partial charge in [0.25, 0.3) is 0 Å². The number of ketones is 1. The monoisotopic (exact) mass is 426 g/mol. The summed E-state index contributed by atoms with van der Waals surface area (Å²) < 4.78 is 0. The first-order chi connectivity index (χ1) is 14.6. The molecule has 9 atom stereocenters. The number of fused-ring (bicyclic) bond motifs is 5. The quantitative estimate of drug-likeness (QED) is 0.481. The fraction of sp³-hybridized carbons (Fsp3) is 0.828. The molecule has 0 aromatic rings. The summed E-state index contributed by atoms with van der Waals surface area (Å²) in [6.07, 6.45) is 15.4. The van der Waals surface area contributed by atoms with Gasteiger partial charge < -0.3 is 5.11 Å².